The summed E-state index contributed by atoms with van der Waals surface area (Å²) >= 11 is 0. The maximum absolute atomic E-state index is 12.5. The lowest BCUT2D eigenvalue weighted by Crippen LogP contribution is -2.21. The molecule has 152 valence electrons. The van der Waals surface area contributed by atoms with Crippen molar-refractivity contribution in [3.05, 3.63) is 89.0 Å². The molecular weight excluding hydrogens is 382 g/mol. The molecule has 0 aromatic heterocycles. The minimum absolute atomic E-state index is 0.0306. The number of phenols is 1. The summed E-state index contributed by atoms with van der Waals surface area (Å²) in [7, 11) is 1.46. The number of ether oxygens (including phenoxy) is 1. The van der Waals surface area contributed by atoms with Crippen LogP contribution in [0.25, 0.3) is 0 Å². The summed E-state index contributed by atoms with van der Waals surface area (Å²) in [5, 5.41) is 16.5. The topological polar surface area (TPSA) is 100 Å². The number of phenolic OH excluding ortho intramolecular Hbond substituents is 1. The van der Waals surface area contributed by atoms with E-state index >= 15 is 0 Å². The van der Waals surface area contributed by atoms with Crippen molar-refractivity contribution in [3.8, 4) is 11.5 Å². The Bertz CT molecular complexity index is 1110. The molecular formula is C23H21N3O4. The number of rotatable bonds is 6. The van der Waals surface area contributed by atoms with E-state index in [2.05, 4.69) is 15.8 Å². The van der Waals surface area contributed by atoms with Crippen LogP contribution in [0.4, 0.5) is 5.69 Å². The lowest BCUT2D eigenvalue weighted by Gasteiger charge is -2.10. The van der Waals surface area contributed by atoms with Crippen molar-refractivity contribution in [1.29, 1.82) is 0 Å². The number of hydrogen-bond donors (Lipinski definition) is 3. The first kappa shape index (κ1) is 20.6. The van der Waals surface area contributed by atoms with Crippen molar-refractivity contribution in [2.24, 2.45) is 5.10 Å². The Kier molecular flexibility index (Phi) is 6.44. The molecule has 0 saturated carbocycles. The number of nitrogens with one attached hydrogen (secondary N) is 2. The Morgan fingerprint density at radius 1 is 1.00 bits per heavy atom. The van der Waals surface area contributed by atoms with Crippen LogP contribution in [0.5, 0.6) is 11.5 Å². The molecule has 0 fully saturated rings. The summed E-state index contributed by atoms with van der Waals surface area (Å²) in [5.41, 5.74) is 5.12. The predicted octanol–water partition coefficient (Wildman–Crippen LogP) is 3.73. The molecule has 3 aromatic carbocycles. The Morgan fingerprint density at radius 2 is 1.80 bits per heavy atom. The van der Waals surface area contributed by atoms with Crippen LogP contribution in [0.2, 0.25) is 0 Å². The predicted molar refractivity (Wildman–Crippen MR) is 115 cm³/mol. The molecule has 7 nitrogen and oxygen atoms in total. The minimum Gasteiger partial charge on any atom is -0.504 e. The van der Waals surface area contributed by atoms with Gasteiger partial charge in [-0.3, -0.25) is 9.59 Å². The zero-order valence-electron chi connectivity index (χ0n) is 16.5. The fraction of sp³-hybridized carbons (Fsp3) is 0.0870. The summed E-state index contributed by atoms with van der Waals surface area (Å²) in [4.78, 5) is 25.1. The fourth-order valence-corrected chi connectivity index (χ4v) is 2.78. The molecule has 3 N–H and O–H groups in total. The summed E-state index contributed by atoms with van der Waals surface area (Å²) in [6.07, 6.45) is 1.39. The van der Waals surface area contributed by atoms with Crippen molar-refractivity contribution in [2.75, 3.05) is 12.4 Å². The second-order valence-electron chi connectivity index (χ2n) is 6.50. The lowest BCUT2D eigenvalue weighted by atomic mass is 10.1. The standard InChI is InChI=1S/C23H21N3O4/c1-15-6-5-7-17(12-15)22(28)25-19-9-4-3-8-18(19)23(29)26-24-14-16-10-11-21(30-2)20(27)13-16/h3-14,27H,1-2H3,(H,25,28)(H,26,29)/b24-14-. The van der Waals surface area contributed by atoms with Gasteiger partial charge in [0.15, 0.2) is 11.5 Å². The molecule has 0 heterocycles. The van der Waals surface area contributed by atoms with E-state index in [4.69, 9.17) is 4.74 Å². The van der Waals surface area contributed by atoms with Gasteiger partial charge in [0.1, 0.15) is 0 Å². The Balaban J connectivity index is 1.71. The van der Waals surface area contributed by atoms with Crippen LogP contribution in [-0.4, -0.2) is 30.2 Å². The fourth-order valence-electron chi connectivity index (χ4n) is 2.78. The second-order valence-corrected chi connectivity index (χ2v) is 6.50. The summed E-state index contributed by atoms with van der Waals surface area (Å²) in [5.74, 6) is -0.480. The Labute approximate surface area is 174 Å². The number of hydrazone groups is 1. The number of carbonyl (C=O) groups excluding carboxylic acids is 2. The average Bonchev–Trinajstić information content (AvgIpc) is 2.74. The van der Waals surface area contributed by atoms with Crippen LogP contribution < -0.4 is 15.5 Å². The number of anilines is 1. The maximum atomic E-state index is 12.5. The highest BCUT2D eigenvalue weighted by Gasteiger charge is 2.14. The van der Waals surface area contributed by atoms with Crippen LogP contribution in [0.15, 0.2) is 71.8 Å². The van der Waals surface area contributed by atoms with E-state index in [9.17, 15) is 14.7 Å². The first-order valence-corrected chi connectivity index (χ1v) is 9.15. The summed E-state index contributed by atoms with van der Waals surface area (Å²) < 4.78 is 4.99. The zero-order chi connectivity index (χ0) is 21.5. The average molecular weight is 403 g/mol. The van der Waals surface area contributed by atoms with Gasteiger partial charge < -0.3 is 15.2 Å². The van der Waals surface area contributed by atoms with Gasteiger partial charge in [-0.1, -0.05) is 29.8 Å². The van der Waals surface area contributed by atoms with Gasteiger partial charge in [-0.05, 0) is 55.0 Å². The first-order chi connectivity index (χ1) is 14.5. The summed E-state index contributed by atoms with van der Waals surface area (Å²) in [6.45, 7) is 1.90. The Hall–Kier alpha value is -4.13. The molecule has 30 heavy (non-hydrogen) atoms. The molecule has 0 saturated heterocycles. The van der Waals surface area contributed by atoms with Crippen LogP contribution >= 0.6 is 0 Å². The molecule has 0 radical (unpaired) electrons. The van der Waals surface area contributed by atoms with Gasteiger partial charge in [0.05, 0.1) is 24.6 Å². The SMILES string of the molecule is COc1ccc(/C=N\NC(=O)c2ccccc2NC(=O)c2cccc(C)c2)cc1O. The maximum Gasteiger partial charge on any atom is 0.273 e. The molecule has 2 amide bonds. The number of para-hydroxylation sites is 1. The third kappa shape index (κ3) is 5.02. The quantitative estimate of drug-likeness (QED) is 0.431. The molecule has 0 aliphatic heterocycles. The van der Waals surface area contributed by atoms with Crippen molar-refractivity contribution >= 4 is 23.7 Å². The van der Waals surface area contributed by atoms with E-state index in [0.29, 0.717) is 22.6 Å². The van der Waals surface area contributed by atoms with Gasteiger partial charge in [0.25, 0.3) is 11.8 Å². The largest absolute Gasteiger partial charge is 0.504 e. The number of hydrogen-bond acceptors (Lipinski definition) is 5. The van der Waals surface area contributed by atoms with Gasteiger partial charge in [-0.2, -0.15) is 5.10 Å². The highest BCUT2D eigenvalue weighted by molar-refractivity contribution is 6.09. The molecule has 0 unspecified atom stereocenters. The third-order valence-corrected chi connectivity index (χ3v) is 4.28. The zero-order valence-corrected chi connectivity index (χ0v) is 16.5. The van der Waals surface area contributed by atoms with Crippen LogP contribution in [0.3, 0.4) is 0 Å². The number of methoxy groups -OCH3 is 1. The number of carbonyl (C=O) groups is 2. The van der Waals surface area contributed by atoms with Crippen molar-refractivity contribution < 1.29 is 19.4 Å². The molecule has 0 bridgehead atoms. The smallest absolute Gasteiger partial charge is 0.273 e. The van der Waals surface area contributed by atoms with E-state index in [0.717, 1.165) is 5.56 Å². The molecule has 0 atom stereocenters. The van der Waals surface area contributed by atoms with Gasteiger partial charge in [-0.25, -0.2) is 5.43 Å². The Morgan fingerprint density at radius 3 is 2.53 bits per heavy atom. The molecule has 0 aliphatic carbocycles. The number of aryl methyl sites for hydroxylation is 1. The van der Waals surface area contributed by atoms with Crippen LogP contribution in [0.1, 0.15) is 31.8 Å². The van der Waals surface area contributed by atoms with Gasteiger partial charge >= 0.3 is 0 Å². The lowest BCUT2D eigenvalue weighted by molar-refractivity contribution is 0.0956. The molecule has 0 spiro atoms. The van der Waals surface area contributed by atoms with Gasteiger partial charge in [0, 0.05) is 5.56 Å². The molecule has 3 rings (SSSR count). The number of aromatic hydroxyl groups is 1. The van der Waals surface area contributed by atoms with Gasteiger partial charge in [-0.15, -0.1) is 0 Å². The van der Waals surface area contributed by atoms with E-state index in [-0.39, 0.29) is 17.2 Å². The molecule has 0 aliphatic rings. The van der Waals surface area contributed by atoms with E-state index in [1.165, 1.54) is 19.4 Å². The van der Waals surface area contributed by atoms with Crippen molar-refractivity contribution in [1.82, 2.24) is 5.43 Å². The van der Waals surface area contributed by atoms with Crippen LogP contribution in [-0.2, 0) is 0 Å². The van der Waals surface area contributed by atoms with E-state index < -0.39 is 5.91 Å². The third-order valence-electron chi connectivity index (χ3n) is 4.28. The minimum atomic E-state index is -0.482. The summed E-state index contributed by atoms with van der Waals surface area (Å²) in [6, 6.07) is 18.6. The van der Waals surface area contributed by atoms with Crippen LogP contribution in [0, 0.1) is 6.92 Å². The highest BCUT2D eigenvalue weighted by atomic mass is 16.5. The van der Waals surface area contributed by atoms with E-state index in [1.54, 1.807) is 54.6 Å². The molecule has 3 aromatic rings. The highest BCUT2D eigenvalue weighted by Crippen LogP contribution is 2.25. The monoisotopic (exact) mass is 403 g/mol. The van der Waals surface area contributed by atoms with Gasteiger partial charge in [0.2, 0.25) is 0 Å². The first-order valence-electron chi connectivity index (χ1n) is 9.15. The van der Waals surface area contributed by atoms with Crippen molar-refractivity contribution in [2.45, 2.75) is 6.92 Å². The second kappa shape index (κ2) is 9.38. The normalized spacial score (nSPS) is 10.6. The number of benzene rings is 3. The molecule has 7 heteroatoms. The van der Waals surface area contributed by atoms with E-state index in [1.807, 2.05) is 13.0 Å². The number of amides is 2. The number of nitrogens with zero attached hydrogens (tertiary/aromatic N) is 1. The van der Waals surface area contributed by atoms with Crippen molar-refractivity contribution in [3.63, 3.8) is 0 Å².